The topological polar surface area (TPSA) is 151 Å². The zero-order valence-corrected chi connectivity index (χ0v) is 17.4. The van der Waals surface area contributed by atoms with Gasteiger partial charge in [0.15, 0.2) is 0 Å². The maximum Gasteiger partial charge on any atom is 0.490 e. The minimum Gasteiger partial charge on any atom is -0.475 e. The molecule has 6 N–H and O–H groups in total. The number of carboxylic acids is 1. The number of nitrogens with one attached hydrogen (secondary N) is 3. The molecule has 3 heterocycles. The van der Waals surface area contributed by atoms with Crippen molar-refractivity contribution >= 4 is 34.9 Å². The summed E-state index contributed by atoms with van der Waals surface area (Å²) in [4.78, 5) is 33.7. The quantitative estimate of drug-likeness (QED) is 0.422. The van der Waals surface area contributed by atoms with Crippen molar-refractivity contribution < 1.29 is 32.7 Å². The number of carbonyl (C=O) groups is 3. The zero-order valence-electron chi connectivity index (χ0n) is 16.6. The molecule has 32 heavy (non-hydrogen) atoms. The fourth-order valence-electron chi connectivity index (χ4n) is 2.50. The van der Waals surface area contributed by atoms with Crippen LogP contribution in [0.4, 0.5) is 23.7 Å². The van der Waals surface area contributed by atoms with Crippen LogP contribution >= 0.6 is 11.3 Å². The molecule has 0 radical (unpaired) electrons. The number of thiophene rings is 1. The molecule has 1 fully saturated rings. The summed E-state index contributed by atoms with van der Waals surface area (Å²) >= 11 is 1.22. The first-order valence-electron chi connectivity index (χ1n) is 8.98. The summed E-state index contributed by atoms with van der Waals surface area (Å²) in [6.45, 7) is 1.62. The second kappa shape index (κ2) is 10.6. The van der Waals surface area contributed by atoms with Gasteiger partial charge in [0.25, 0.3) is 5.91 Å². The van der Waals surface area contributed by atoms with Crippen molar-refractivity contribution in [3.8, 4) is 11.8 Å². The molecule has 0 spiro atoms. The molecular formula is C18H19F3N6O4S. The number of alkyl halides is 3. The van der Waals surface area contributed by atoms with Gasteiger partial charge in [-0.05, 0) is 19.0 Å². The molecule has 0 saturated carbocycles. The van der Waals surface area contributed by atoms with Crippen molar-refractivity contribution in [1.82, 2.24) is 20.4 Å². The lowest BCUT2D eigenvalue weighted by Crippen LogP contribution is -2.36. The van der Waals surface area contributed by atoms with E-state index in [-0.39, 0.29) is 11.9 Å². The van der Waals surface area contributed by atoms with Crippen LogP contribution in [0.3, 0.4) is 0 Å². The Morgan fingerprint density at radius 2 is 2.06 bits per heavy atom. The summed E-state index contributed by atoms with van der Waals surface area (Å²) in [5.74, 6) is 2.97. The Kier molecular flexibility index (Phi) is 8.21. The van der Waals surface area contributed by atoms with Gasteiger partial charge < -0.3 is 26.8 Å². The first-order valence-corrected chi connectivity index (χ1v) is 9.80. The third kappa shape index (κ3) is 7.60. The lowest BCUT2D eigenvalue weighted by Gasteiger charge is -2.11. The number of aliphatic carboxylic acids is 1. The Hall–Kier alpha value is -3.57. The summed E-state index contributed by atoms with van der Waals surface area (Å²) < 4.78 is 33.4. The molecule has 1 unspecified atom stereocenters. The lowest BCUT2D eigenvalue weighted by molar-refractivity contribution is -0.192. The molecule has 1 atom stereocenters. The lowest BCUT2D eigenvalue weighted by atomic mass is 10.2. The van der Waals surface area contributed by atoms with Gasteiger partial charge in [0.05, 0.1) is 22.3 Å². The molecule has 1 aliphatic rings. The van der Waals surface area contributed by atoms with E-state index >= 15 is 0 Å². The molecule has 2 aromatic heterocycles. The number of rotatable bonds is 3. The van der Waals surface area contributed by atoms with Crippen molar-refractivity contribution in [2.75, 3.05) is 18.4 Å². The summed E-state index contributed by atoms with van der Waals surface area (Å²) in [5, 5.41) is 19.8. The van der Waals surface area contributed by atoms with Gasteiger partial charge in [0, 0.05) is 25.8 Å². The molecule has 172 valence electrons. The van der Waals surface area contributed by atoms with E-state index in [1.165, 1.54) is 11.3 Å². The number of aromatic nitrogens is 2. The minimum absolute atomic E-state index is 0.0842. The van der Waals surface area contributed by atoms with E-state index in [2.05, 4.69) is 32.9 Å². The van der Waals surface area contributed by atoms with Gasteiger partial charge in [0.2, 0.25) is 0 Å². The van der Waals surface area contributed by atoms with Crippen LogP contribution in [0.25, 0.3) is 0 Å². The van der Waals surface area contributed by atoms with Gasteiger partial charge in [-0.25, -0.2) is 9.59 Å². The van der Waals surface area contributed by atoms with Crippen LogP contribution < -0.4 is 21.7 Å². The second-order valence-electron chi connectivity index (χ2n) is 6.46. The number of amides is 3. The Labute approximate surface area is 184 Å². The highest BCUT2D eigenvalue weighted by molar-refractivity contribution is 7.15. The largest absolute Gasteiger partial charge is 0.490 e. The number of nitrogens with two attached hydrogens (primary N) is 1. The molecule has 0 bridgehead atoms. The van der Waals surface area contributed by atoms with Gasteiger partial charge in [-0.3, -0.25) is 9.48 Å². The van der Waals surface area contributed by atoms with Gasteiger partial charge in [-0.2, -0.15) is 18.3 Å². The minimum atomic E-state index is -5.08. The second-order valence-corrected chi connectivity index (χ2v) is 7.51. The summed E-state index contributed by atoms with van der Waals surface area (Å²) in [6, 6.07) is 1.02. The number of anilines is 1. The van der Waals surface area contributed by atoms with Gasteiger partial charge >= 0.3 is 18.2 Å². The van der Waals surface area contributed by atoms with Crippen molar-refractivity contribution in [3.63, 3.8) is 0 Å². The highest BCUT2D eigenvalue weighted by Crippen LogP contribution is 2.27. The first-order chi connectivity index (χ1) is 15.0. The number of aryl methyl sites for hydroxylation is 1. The van der Waals surface area contributed by atoms with Crippen molar-refractivity contribution in [3.05, 3.63) is 33.8 Å². The predicted molar refractivity (Wildman–Crippen MR) is 109 cm³/mol. The van der Waals surface area contributed by atoms with E-state index in [0.29, 0.717) is 15.4 Å². The molecule has 10 nitrogen and oxygen atoms in total. The number of halogens is 3. The standard InChI is InChI=1S/C16H18N6O2S.C2HF3O2/c1-22-9-10(7-19-22)2-3-12-6-13(21-16(17)24)14(25-12)15(23)20-11-4-5-18-8-11;3-2(4,5)1(6)7/h6-7,9,11,18H,4-5,8H2,1H3,(H,20,23)(H3,17,21,24);(H,6,7). The molecule has 2 aromatic rings. The predicted octanol–water partition coefficient (Wildman–Crippen LogP) is 1.10. The SMILES string of the molecule is Cn1cc(C#Cc2cc(NC(N)=O)c(C(=O)NC3CCNC3)s2)cn1.O=C(O)C(F)(F)F. The van der Waals surface area contributed by atoms with Crippen LogP contribution in [-0.2, 0) is 11.8 Å². The maximum atomic E-state index is 12.5. The van der Waals surface area contributed by atoms with E-state index in [1.807, 2.05) is 7.05 Å². The average Bonchev–Trinajstić information content (AvgIpc) is 3.41. The van der Waals surface area contributed by atoms with Crippen LogP contribution in [0.1, 0.15) is 26.5 Å². The Bertz CT molecular complexity index is 1050. The molecule has 0 aliphatic carbocycles. The number of carboxylic acid groups (broad SMARTS) is 1. The fourth-order valence-corrected chi connectivity index (χ4v) is 3.37. The molecule has 3 amide bonds. The van der Waals surface area contributed by atoms with Crippen LogP contribution in [0, 0.1) is 11.8 Å². The fraction of sp³-hybridized carbons (Fsp3) is 0.333. The number of urea groups is 1. The van der Waals surface area contributed by atoms with Crippen molar-refractivity contribution in [2.24, 2.45) is 12.8 Å². The zero-order chi connectivity index (χ0) is 23.9. The number of hydrogen-bond donors (Lipinski definition) is 5. The Balaban J connectivity index is 0.000000451. The highest BCUT2D eigenvalue weighted by atomic mass is 32.1. The summed E-state index contributed by atoms with van der Waals surface area (Å²) in [6.07, 6.45) is -0.753. The maximum absolute atomic E-state index is 12.5. The van der Waals surface area contributed by atoms with Crippen LogP contribution in [0.2, 0.25) is 0 Å². The Morgan fingerprint density at radius 1 is 1.38 bits per heavy atom. The normalized spacial score (nSPS) is 15.1. The van der Waals surface area contributed by atoms with Crippen molar-refractivity contribution in [2.45, 2.75) is 18.6 Å². The number of primary amides is 1. The molecular weight excluding hydrogens is 453 g/mol. The first kappa shape index (κ1) is 24.7. The molecule has 1 saturated heterocycles. The Morgan fingerprint density at radius 3 is 2.56 bits per heavy atom. The molecule has 14 heteroatoms. The molecule has 0 aromatic carbocycles. The smallest absolute Gasteiger partial charge is 0.475 e. The average molecular weight is 472 g/mol. The number of nitrogens with zero attached hydrogens (tertiary/aromatic N) is 2. The van der Waals surface area contributed by atoms with E-state index < -0.39 is 18.2 Å². The molecule has 1 aliphatic heterocycles. The van der Waals surface area contributed by atoms with E-state index in [4.69, 9.17) is 15.6 Å². The highest BCUT2D eigenvalue weighted by Gasteiger charge is 2.38. The van der Waals surface area contributed by atoms with Crippen molar-refractivity contribution in [1.29, 1.82) is 0 Å². The third-order valence-corrected chi connectivity index (χ3v) is 4.92. The van der Waals surface area contributed by atoms with Gasteiger partial charge in [-0.1, -0.05) is 11.8 Å². The van der Waals surface area contributed by atoms with Crippen LogP contribution in [0.5, 0.6) is 0 Å². The van der Waals surface area contributed by atoms with E-state index in [0.717, 1.165) is 25.1 Å². The van der Waals surface area contributed by atoms with Gasteiger partial charge in [0.1, 0.15) is 4.88 Å². The van der Waals surface area contributed by atoms with Gasteiger partial charge in [-0.15, -0.1) is 11.3 Å². The van der Waals surface area contributed by atoms with Crippen LogP contribution in [0.15, 0.2) is 18.5 Å². The van der Waals surface area contributed by atoms with Crippen LogP contribution in [-0.4, -0.2) is 58.1 Å². The monoisotopic (exact) mass is 472 g/mol. The summed E-state index contributed by atoms with van der Waals surface area (Å²) in [7, 11) is 1.81. The van der Waals surface area contributed by atoms with E-state index in [9.17, 15) is 22.8 Å². The van der Waals surface area contributed by atoms with E-state index in [1.54, 1.807) is 23.1 Å². The number of carbonyl (C=O) groups excluding carboxylic acids is 2. The number of hydrogen-bond acceptors (Lipinski definition) is 6. The molecule has 3 rings (SSSR count). The third-order valence-electron chi connectivity index (χ3n) is 3.87. The summed E-state index contributed by atoms with van der Waals surface area (Å²) in [5.41, 5.74) is 6.34.